The number of hydrogen-bond acceptors (Lipinski definition) is 0. The molecule has 0 spiro atoms. The van der Waals surface area contributed by atoms with Crippen molar-refractivity contribution in [1.29, 1.82) is 0 Å². The zero-order chi connectivity index (χ0) is 12.0. The second-order valence-electron chi connectivity index (χ2n) is 2.56. The summed E-state index contributed by atoms with van der Waals surface area (Å²) in [4.78, 5) is 0. The van der Waals surface area contributed by atoms with Crippen LogP contribution in [0.1, 0.15) is 0 Å². The van der Waals surface area contributed by atoms with Gasteiger partial charge in [-0.1, -0.05) is 5.46 Å². The van der Waals surface area contributed by atoms with E-state index in [4.69, 9.17) is 34.4 Å². The van der Waals surface area contributed by atoms with Gasteiger partial charge in [-0.2, -0.15) is 0 Å². The van der Waals surface area contributed by atoms with Crippen molar-refractivity contribution in [3.8, 4) is 0 Å². The lowest BCUT2D eigenvalue weighted by Crippen LogP contribution is -2.38. The summed E-state index contributed by atoms with van der Waals surface area (Å²) in [5.41, 5.74) is -1.43. The minimum atomic E-state index is -3.39. The van der Waals surface area contributed by atoms with E-state index in [2.05, 4.69) is 0 Å². The van der Waals surface area contributed by atoms with Crippen molar-refractivity contribution in [1.82, 2.24) is 0 Å². The van der Waals surface area contributed by atoms with Gasteiger partial charge < -0.3 is 34.4 Å². The molecule has 0 saturated carbocycles. The van der Waals surface area contributed by atoms with E-state index >= 15 is 0 Å². The summed E-state index contributed by atoms with van der Waals surface area (Å²) in [7, 11) is 0. The fourth-order valence-corrected chi connectivity index (χ4v) is 1.48. The lowest BCUT2D eigenvalue weighted by atomic mass is 9.89. The Morgan fingerprint density at radius 2 is 0.867 bits per heavy atom. The summed E-state index contributed by atoms with van der Waals surface area (Å²) in [6, 6.07) is 0. The predicted molar refractivity (Wildman–Crippen MR) is 49.2 cm³/mol. The Balaban J connectivity index is 3.68. The van der Waals surface area contributed by atoms with Crippen molar-refractivity contribution in [2.24, 2.45) is 0 Å². The molecule has 1 rings (SSSR count). The number of rotatable bonds is 1. The van der Waals surface area contributed by atoms with E-state index in [-0.39, 0.29) is 0 Å². The highest BCUT2D eigenvalue weighted by molar-refractivity contribution is 7.69. The van der Waals surface area contributed by atoms with Crippen molar-refractivity contribution in [3.05, 3.63) is 29.1 Å². The van der Waals surface area contributed by atoms with Crippen molar-refractivity contribution >= 4 is 44.2 Å². The van der Waals surface area contributed by atoms with Gasteiger partial charge in [0.2, 0.25) is 0 Å². The quantitative estimate of drug-likeness (QED) is 0.321. The van der Waals surface area contributed by atoms with E-state index in [1.165, 1.54) is 0 Å². The van der Waals surface area contributed by atoms with Gasteiger partial charge in [0.15, 0.2) is 17.5 Å². The molecule has 0 nitrogen and oxygen atoms in total. The molecule has 0 bridgehead atoms. The van der Waals surface area contributed by atoms with Gasteiger partial charge in [-0.05, 0) is 0 Å². The van der Waals surface area contributed by atoms with Crippen LogP contribution in [0.4, 0.5) is 22.0 Å². The van der Waals surface area contributed by atoms with Crippen LogP contribution in [0.2, 0.25) is 0 Å². The van der Waals surface area contributed by atoms with Crippen LogP contribution < -0.4 is 5.46 Å². The van der Waals surface area contributed by atoms with Crippen LogP contribution in [0.5, 0.6) is 0 Å². The second-order valence-corrected chi connectivity index (χ2v) is 5.19. The molecule has 0 fully saturated rings. The third-order valence-corrected chi connectivity index (χ3v) is 2.23. The average molecular weight is 284 g/mol. The minimum absolute atomic E-state index is 1.43. The van der Waals surface area contributed by atoms with Gasteiger partial charge in [0.1, 0.15) is 11.6 Å². The van der Waals surface area contributed by atoms with Crippen molar-refractivity contribution < 1.29 is 22.0 Å². The van der Waals surface area contributed by atoms with Gasteiger partial charge in [0.25, 0.3) is 4.39 Å². The molecule has 0 N–H and O–H groups in total. The Morgan fingerprint density at radius 3 is 1.13 bits per heavy atom. The fraction of sp³-hybridized carbons (Fsp3) is 0. The summed E-state index contributed by atoms with van der Waals surface area (Å²) in [6.45, 7) is 0. The largest absolute Gasteiger partial charge is 0.344 e. The highest BCUT2D eigenvalue weighted by atomic mass is 35.6. The molecule has 0 amide bonds. The lowest BCUT2D eigenvalue weighted by molar-refractivity contribution is 0.384. The Hall–Kier alpha value is -0.195. The van der Waals surface area contributed by atoms with Gasteiger partial charge in [-0.25, -0.2) is 22.0 Å². The molecule has 0 aliphatic carbocycles. The molecule has 0 aliphatic rings. The van der Waals surface area contributed by atoms with Crippen molar-refractivity contribution in [3.63, 3.8) is 0 Å². The van der Waals surface area contributed by atoms with Crippen molar-refractivity contribution in [2.75, 3.05) is 0 Å². The van der Waals surface area contributed by atoms with E-state index < -0.39 is 38.9 Å². The first-order valence-electron chi connectivity index (χ1n) is 3.39. The summed E-state index contributed by atoms with van der Waals surface area (Å²) in [6.07, 6.45) is 0. The minimum Gasteiger partial charge on any atom is -0.344 e. The van der Waals surface area contributed by atoms with Gasteiger partial charge in [0, 0.05) is 0 Å². The third-order valence-electron chi connectivity index (χ3n) is 1.57. The summed E-state index contributed by atoms with van der Waals surface area (Å²) in [5.74, 6) is -10.8. The van der Waals surface area contributed by atoms with Gasteiger partial charge in [-0.15, -0.1) is 0 Å². The maximum Gasteiger partial charge on any atom is 0.276 e. The molecule has 15 heavy (non-hydrogen) atoms. The maximum absolute atomic E-state index is 12.9. The molecule has 1 aromatic carbocycles. The van der Waals surface area contributed by atoms with E-state index in [1.807, 2.05) is 0 Å². The molecule has 0 heterocycles. The highest BCUT2D eigenvalue weighted by Gasteiger charge is 2.31. The van der Waals surface area contributed by atoms with Crippen LogP contribution >= 0.6 is 34.4 Å². The Bertz CT molecular complexity index is 387. The second kappa shape index (κ2) is 3.99. The van der Waals surface area contributed by atoms with Crippen LogP contribution in [0.3, 0.4) is 0 Å². The molecule has 0 saturated heterocycles. The average Bonchev–Trinajstić information content (AvgIpc) is 2.09. The molecule has 0 aliphatic heterocycles. The molecule has 0 radical (unpaired) electrons. The monoisotopic (exact) mass is 283 g/mol. The molecular formula is C6BCl3F5-. The SMILES string of the molecule is Fc1c(F)c(F)c([B-](Cl)(Cl)Cl)c(F)c1F. The van der Waals surface area contributed by atoms with Gasteiger partial charge in [-0.3, -0.25) is 0 Å². The fourth-order valence-electron chi connectivity index (χ4n) is 0.909. The first kappa shape index (κ1) is 12.9. The van der Waals surface area contributed by atoms with Crippen LogP contribution in [-0.4, -0.2) is 4.39 Å². The van der Waals surface area contributed by atoms with Gasteiger partial charge in [0.05, 0.1) is 0 Å². The van der Waals surface area contributed by atoms with E-state index in [1.54, 1.807) is 0 Å². The molecule has 84 valence electrons. The molecular weight excluding hydrogens is 284 g/mol. The zero-order valence-corrected chi connectivity index (χ0v) is 8.87. The first-order chi connectivity index (χ1) is 6.68. The topological polar surface area (TPSA) is 0 Å². The summed E-state index contributed by atoms with van der Waals surface area (Å²) < 4.78 is 60.2. The Kier molecular flexibility index (Phi) is 3.43. The summed E-state index contributed by atoms with van der Waals surface area (Å²) in [5, 5.41) is 0. The maximum atomic E-state index is 12.9. The standard InChI is InChI=1S/C6BCl3F5/c8-7(9,10)1-2(11)4(13)6(15)5(14)3(1)12/q-1. The molecule has 0 atom stereocenters. The van der Waals surface area contributed by atoms with E-state index in [0.717, 1.165) is 0 Å². The number of hydrogen-bond donors (Lipinski definition) is 0. The predicted octanol–water partition coefficient (Wildman–Crippen LogP) is 3.24. The normalized spacial score (nSPS) is 12.0. The van der Waals surface area contributed by atoms with Crippen LogP contribution in [0, 0.1) is 29.1 Å². The zero-order valence-electron chi connectivity index (χ0n) is 6.60. The smallest absolute Gasteiger partial charge is 0.276 e. The van der Waals surface area contributed by atoms with Crippen molar-refractivity contribution in [2.45, 2.75) is 0 Å². The molecule has 9 heteroatoms. The van der Waals surface area contributed by atoms with Crippen LogP contribution in [-0.2, 0) is 0 Å². The van der Waals surface area contributed by atoms with E-state index in [0.29, 0.717) is 0 Å². The molecule has 1 aromatic rings. The van der Waals surface area contributed by atoms with Gasteiger partial charge >= 0.3 is 0 Å². The number of halogens is 8. The van der Waals surface area contributed by atoms with E-state index in [9.17, 15) is 22.0 Å². The third kappa shape index (κ3) is 2.17. The Morgan fingerprint density at radius 1 is 0.600 bits per heavy atom. The summed E-state index contributed by atoms with van der Waals surface area (Å²) >= 11 is 15.4. The molecule has 0 unspecified atom stereocenters. The first-order valence-corrected chi connectivity index (χ1v) is 4.70. The number of benzene rings is 1. The van der Waals surface area contributed by atoms with Crippen LogP contribution in [0.15, 0.2) is 0 Å². The highest BCUT2D eigenvalue weighted by Crippen LogP contribution is 2.26. The molecule has 0 aromatic heterocycles. The van der Waals surface area contributed by atoms with Crippen LogP contribution in [0.25, 0.3) is 0 Å². The lowest BCUT2D eigenvalue weighted by Gasteiger charge is -2.22. The Labute approximate surface area is 95.6 Å².